The van der Waals surface area contributed by atoms with Gasteiger partial charge >= 0.3 is 11.6 Å². The van der Waals surface area contributed by atoms with Crippen LogP contribution < -0.4 is 10.4 Å². The Morgan fingerprint density at radius 1 is 1.16 bits per heavy atom. The van der Waals surface area contributed by atoms with Crippen molar-refractivity contribution in [2.24, 2.45) is 22.7 Å². The molecule has 4 atom stereocenters. The summed E-state index contributed by atoms with van der Waals surface area (Å²) in [6.45, 7) is 10.0. The Balaban J connectivity index is 1.62. The number of fused-ring (bicyclic) bond motifs is 2. The summed E-state index contributed by atoms with van der Waals surface area (Å²) in [4.78, 5) is 36.4. The molecule has 6 heteroatoms. The first-order chi connectivity index (χ1) is 15.0. The molecule has 1 fully saturated rings. The van der Waals surface area contributed by atoms with Crippen molar-refractivity contribution in [2.75, 3.05) is 6.61 Å². The Kier molecular flexibility index (Phi) is 5.51. The first-order valence-electron chi connectivity index (χ1n) is 11.1. The molecule has 1 heterocycles. The van der Waals surface area contributed by atoms with Crippen LogP contribution in [0.5, 0.6) is 5.75 Å². The molecular formula is C26H30O6. The molecule has 1 aromatic heterocycles. The number of ether oxygens (including phenoxy) is 2. The highest BCUT2D eigenvalue weighted by molar-refractivity contribution is 5.95. The number of rotatable bonds is 4. The Labute approximate surface area is 187 Å². The lowest BCUT2D eigenvalue weighted by atomic mass is 9.47. The molecule has 32 heavy (non-hydrogen) atoms. The predicted molar refractivity (Wildman–Crippen MR) is 120 cm³/mol. The number of esters is 1. The third kappa shape index (κ3) is 3.76. The van der Waals surface area contributed by atoms with Gasteiger partial charge in [0.05, 0.1) is 6.61 Å². The smallest absolute Gasteiger partial charge is 0.336 e. The summed E-state index contributed by atoms with van der Waals surface area (Å²) < 4.78 is 17.1. The second kappa shape index (κ2) is 7.91. The Morgan fingerprint density at radius 3 is 2.59 bits per heavy atom. The molecule has 0 N–H and O–H groups in total. The van der Waals surface area contributed by atoms with E-state index in [4.69, 9.17) is 13.9 Å². The highest BCUT2D eigenvalue weighted by atomic mass is 16.5. The highest BCUT2D eigenvalue weighted by Gasteiger charge is 2.59. The molecule has 0 unspecified atom stereocenters. The highest BCUT2D eigenvalue weighted by Crippen LogP contribution is 2.59. The first kappa shape index (κ1) is 22.3. The van der Waals surface area contributed by atoms with Gasteiger partial charge in [-0.2, -0.15) is 0 Å². The van der Waals surface area contributed by atoms with Crippen LogP contribution in [0.15, 0.2) is 51.2 Å². The van der Waals surface area contributed by atoms with E-state index in [1.807, 2.05) is 32.9 Å². The molecule has 1 saturated carbocycles. The summed E-state index contributed by atoms with van der Waals surface area (Å²) >= 11 is 0. The summed E-state index contributed by atoms with van der Waals surface area (Å²) in [5.74, 6) is 0.144. The van der Waals surface area contributed by atoms with Gasteiger partial charge in [0.2, 0.25) is 0 Å². The largest absolute Gasteiger partial charge is 0.493 e. The molecule has 0 bridgehead atoms. The summed E-state index contributed by atoms with van der Waals surface area (Å²) in [5.41, 5.74) is 0.272. The van der Waals surface area contributed by atoms with E-state index in [1.165, 1.54) is 13.0 Å². The minimum atomic E-state index is -0.489. The Morgan fingerprint density at radius 2 is 1.88 bits per heavy atom. The Hall–Kier alpha value is -2.89. The van der Waals surface area contributed by atoms with Crippen LogP contribution in [0.25, 0.3) is 11.0 Å². The summed E-state index contributed by atoms with van der Waals surface area (Å²) in [6, 6.07) is 8.56. The molecule has 170 valence electrons. The van der Waals surface area contributed by atoms with Crippen molar-refractivity contribution in [3.05, 3.63) is 52.4 Å². The maximum Gasteiger partial charge on any atom is 0.336 e. The van der Waals surface area contributed by atoms with E-state index in [-0.39, 0.29) is 35.1 Å². The standard InChI is InChI=1S/C26H30O6/c1-15-12-20(28)24-25(3,4)22(31-16(2)27)10-11-26(24,5)19(15)14-30-18-8-6-17-7-9-23(29)32-21(17)13-18/h6-9,12-13,19,22,24H,10-11,14H2,1-5H3/t19-,22-,24+,26+/m1/s1. The van der Waals surface area contributed by atoms with Crippen molar-refractivity contribution in [1.82, 2.24) is 0 Å². The molecule has 2 aliphatic carbocycles. The number of hydrogen-bond acceptors (Lipinski definition) is 6. The zero-order chi connectivity index (χ0) is 23.3. The molecule has 0 spiro atoms. The second-order valence-electron chi connectivity index (χ2n) is 10.0. The van der Waals surface area contributed by atoms with Crippen molar-refractivity contribution in [3.8, 4) is 5.75 Å². The summed E-state index contributed by atoms with van der Waals surface area (Å²) in [7, 11) is 0. The number of benzene rings is 1. The fourth-order valence-electron chi connectivity index (χ4n) is 6.03. The van der Waals surface area contributed by atoms with Gasteiger partial charge < -0.3 is 13.9 Å². The van der Waals surface area contributed by atoms with E-state index in [0.29, 0.717) is 24.4 Å². The monoisotopic (exact) mass is 438 g/mol. The number of carbonyl (C=O) groups is 2. The lowest BCUT2D eigenvalue weighted by Crippen LogP contribution is -2.58. The Bertz CT molecular complexity index is 1160. The van der Waals surface area contributed by atoms with Crippen LogP contribution in [0.4, 0.5) is 0 Å². The quantitative estimate of drug-likeness (QED) is 0.509. The first-order valence-corrected chi connectivity index (χ1v) is 11.1. The molecule has 0 saturated heterocycles. The third-order valence-corrected chi connectivity index (χ3v) is 7.50. The third-order valence-electron chi connectivity index (χ3n) is 7.50. The van der Waals surface area contributed by atoms with Gasteiger partial charge in [0.1, 0.15) is 17.4 Å². The van der Waals surface area contributed by atoms with Gasteiger partial charge in [-0.3, -0.25) is 9.59 Å². The lowest BCUT2D eigenvalue weighted by Gasteiger charge is -2.57. The van der Waals surface area contributed by atoms with Crippen molar-refractivity contribution in [2.45, 2.75) is 53.6 Å². The van der Waals surface area contributed by atoms with Crippen LogP contribution >= 0.6 is 0 Å². The average Bonchev–Trinajstić information content (AvgIpc) is 2.68. The van der Waals surface area contributed by atoms with E-state index in [9.17, 15) is 14.4 Å². The molecule has 6 nitrogen and oxygen atoms in total. The van der Waals surface area contributed by atoms with Crippen LogP contribution in [-0.2, 0) is 14.3 Å². The topological polar surface area (TPSA) is 82.8 Å². The minimum absolute atomic E-state index is 0.0289. The normalized spacial score (nSPS) is 29.2. The lowest BCUT2D eigenvalue weighted by molar-refractivity contribution is -0.176. The van der Waals surface area contributed by atoms with Crippen molar-refractivity contribution in [1.29, 1.82) is 0 Å². The zero-order valence-electron chi connectivity index (χ0n) is 19.3. The molecule has 0 radical (unpaired) electrons. The van der Waals surface area contributed by atoms with Crippen LogP contribution in [0.1, 0.15) is 47.5 Å². The van der Waals surface area contributed by atoms with Crippen molar-refractivity contribution >= 4 is 22.7 Å². The van der Waals surface area contributed by atoms with Gasteiger partial charge in [-0.05, 0) is 49.5 Å². The van der Waals surface area contributed by atoms with E-state index >= 15 is 0 Å². The van der Waals surface area contributed by atoms with Gasteiger partial charge in [0.25, 0.3) is 0 Å². The van der Waals surface area contributed by atoms with Gasteiger partial charge in [-0.15, -0.1) is 0 Å². The van der Waals surface area contributed by atoms with Gasteiger partial charge in [0.15, 0.2) is 5.78 Å². The molecule has 2 aromatic rings. The van der Waals surface area contributed by atoms with Crippen LogP contribution in [0.2, 0.25) is 0 Å². The van der Waals surface area contributed by atoms with Crippen LogP contribution in [0.3, 0.4) is 0 Å². The number of allylic oxidation sites excluding steroid dienone is 1. The zero-order valence-corrected chi connectivity index (χ0v) is 19.3. The molecular weight excluding hydrogens is 408 g/mol. The second-order valence-corrected chi connectivity index (χ2v) is 10.0. The molecule has 0 amide bonds. The van der Waals surface area contributed by atoms with Crippen LogP contribution in [-0.4, -0.2) is 24.5 Å². The molecule has 4 rings (SSSR count). The number of hydrogen-bond donors (Lipinski definition) is 0. The summed E-state index contributed by atoms with van der Waals surface area (Å²) in [6.07, 6.45) is 2.91. The van der Waals surface area contributed by atoms with E-state index in [1.54, 1.807) is 18.2 Å². The fourth-order valence-corrected chi connectivity index (χ4v) is 6.03. The van der Waals surface area contributed by atoms with Gasteiger partial charge in [-0.25, -0.2) is 4.79 Å². The molecule has 1 aromatic carbocycles. The molecule has 0 aliphatic heterocycles. The summed E-state index contributed by atoms with van der Waals surface area (Å²) in [5, 5.41) is 0.828. The SMILES string of the molecule is CC(=O)O[C@@H]1CC[C@@]2(C)[C@H](COc3ccc4ccc(=O)oc4c3)C(C)=CC(=O)[C@H]2C1(C)C. The minimum Gasteiger partial charge on any atom is -0.493 e. The van der Waals surface area contributed by atoms with E-state index < -0.39 is 11.0 Å². The average molecular weight is 439 g/mol. The van der Waals surface area contributed by atoms with E-state index in [2.05, 4.69) is 6.92 Å². The maximum absolute atomic E-state index is 13.2. The van der Waals surface area contributed by atoms with Gasteiger partial charge in [-0.1, -0.05) is 26.3 Å². The fraction of sp³-hybridized carbons (Fsp3) is 0.500. The van der Waals surface area contributed by atoms with E-state index in [0.717, 1.165) is 17.4 Å². The van der Waals surface area contributed by atoms with Gasteiger partial charge in [0, 0.05) is 41.7 Å². The maximum atomic E-state index is 13.2. The van der Waals surface area contributed by atoms with Crippen molar-refractivity contribution in [3.63, 3.8) is 0 Å². The molecule has 2 aliphatic rings. The van der Waals surface area contributed by atoms with Crippen molar-refractivity contribution < 1.29 is 23.5 Å². The number of ketones is 1. The predicted octanol–water partition coefficient (Wildman–Crippen LogP) is 4.69. The van der Waals surface area contributed by atoms with Crippen LogP contribution in [0, 0.1) is 22.7 Å². The number of carbonyl (C=O) groups excluding carboxylic acids is 2.